The molecule has 0 fully saturated rings. The quantitative estimate of drug-likeness (QED) is 0.268. The highest BCUT2D eigenvalue weighted by Gasteiger charge is 1.93. The van der Waals surface area contributed by atoms with Crippen LogP contribution in [0.25, 0.3) is 0 Å². The minimum atomic E-state index is 0.588. The Balaban J connectivity index is 2.91. The van der Waals surface area contributed by atoms with Crippen molar-refractivity contribution in [2.24, 2.45) is 0 Å². The molecule has 5 nitrogen and oxygen atoms in total. The first-order chi connectivity index (χ1) is 10.9. The minimum absolute atomic E-state index is 0.588. The zero-order chi connectivity index (χ0) is 16.1. The summed E-state index contributed by atoms with van der Waals surface area (Å²) in [5.41, 5.74) is 0. The Morgan fingerprint density at radius 3 is 1.55 bits per heavy atom. The Morgan fingerprint density at radius 1 is 0.545 bits per heavy atom. The molecule has 0 heterocycles. The molecule has 6 heteroatoms. The maximum atomic E-state index is 5.48. The Morgan fingerprint density at radius 2 is 1.05 bits per heavy atom. The number of hydrogen-bond donors (Lipinski definition) is 0. The van der Waals surface area contributed by atoms with Crippen LogP contribution in [-0.2, 0) is 23.4 Å². The summed E-state index contributed by atoms with van der Waals surface area (Å²) < 4.78 is 27.0. The number of hydrogen-bond acceptors (Lipinski definition) is 5. The molecule has 0 unspecified atom stereocenters. The van der Waals surface area contributed by atoms with Crippen LogP contribution < -0.4 is 0 Å². The molecule has 0 aliphatic rings. The van der Waals surface area contributed by atoms with Crippen molar-refractivity contribution in [2.45, 2.75) is 45.6 Å². The lowest BCUT2D eigenvalue weighted by Crippen LogP contribution is -2.13. The molecule has 0 N–H and O–H groups in total. The number of rotatable bonds is 19. The highest BCUT2D eigenvalue weighted by molar-refractivity contribution is 6.26. The van der Waals surface area contributed by atoms with E-state index in [0.717, 1.165) is 19.1 Å². The van der Waals surface area contributed by atoms with E-state index in [0.29, 0.717) is 62.6 Å². The first kappa shape index (κ1) is 22.0. The second-order valence-electron chi connectivity index (χ2n) is 4.86. The second kappa shape index (κ2) is 21.0. The molecule has 0 aromatic heterocycles. The van der Waals surface area contributed by atoms with E-state index in [-0.39, 0.29) is 0 Å². The normalized spacial score (nSPS) is 11.2. The molecule has 22 heavy (non-hydrogen) atoms. The molecule has 0 spiro atoms. The maximum absolute atomic E-state index is 5.48. The lowest BCUT2D eigenvalue weighted by molar-refractivity contribution is -0.00479. The van der Waals surface area contributed by atoms with Gasteiger partial charge >= 0.3 is 0 Å². The van der Waals surface area contributed by atoms with Crippen molar-refractivity contribution >= 4 is 9.76 Å². The molecule has 0 aliphatic heterocycles. The predicted octanol–water partition coefficient (Wildman–Crippen LogP) is 2.71. The van der Waals surface area contributed by atoms with Gasteiger partial charge < -0.3 is 23.4 Å². The van der Waals surface area contributed by atoms with E-state index in [1.165, 1.54) is 19.3 Å². The lowest BCUT2D eigenvalue weighted by Gasteiger charge is -2.07. The molecule has 0 atom stereocenters. The van der Waals surface area contributed by atoms with Crippen molar-refractivity contribution in [1.29, 1.82) is 0 Å². The Labute approximate surface area is 138 Å². The summed E-state index contributed by atoms with van der Waals surface area (Å²) in [6.45, 7) is 10.2. The van der Waals surface area contributed by atoms with Crippen LogP contribution in [0.15, 0.2) is 0 Å². The van der Waals surface area contributed by atoms with E-state index in [1.54, 1.807) is 0 Å². The van der Waals surface area contributed by atoms with Crippen LogP contribution in [0.3, 0.4) is 0 Å². The van der Waals surface area contributed by atoms with Crippen LogP contribution in [0, 0.1) is 0 Å². The summed E-state index contributed by atoms with van der Waals surface area (Å²) >= 11 is 0. The van der Waals surface area contributed by atoms with Gasteiger partial charge in [0.25, 0.3) is 0 Å². The van der Waals surface area contributed by atoms with Crippen molar-refractivity contribution in [3.8, 4) is 0 Å². The fraction of sp³-hybridized carbons (Fsp3) is 1.00. The average molecular weight is 335 g/mol. The van der Waals surface area contributed by atoms with E-state index in [4.69, 9.17) is 23.4 Å². The van der Waals surface area contributed by atoms with E-state index in [2.05, 4.69) is 13.8 Å². The molecule has 0 saturated heterocycles. The maximum Gasteiger partial charge on any atom is 0.229 e. The molecule has 0 aromatic carbocycles. The Kier molecular flexibility index (Phi) is 21.0. The van der Waals surface area contributed by atoms with Crippen molar-refractivity contribution in [3.63, 3.8) is 0 Å². The van der Waals surface area contributed by atoms with Gasteiger partial charge in [0.15, 0.2) is 0 Å². The first-order valence-corrected chi connectivity index (χ1v) is 9.69. The summed E-state index contributed by atoms with van der Waals surface area (Å²) in [5.74, 6) is 0. The Hall–Kier alpha value is 0.0169. The molecular weight excluding hydrogens is 300 g/mol. The van der Waals surface area contributed by atoms with E-state index in [1.807, 2.05) is 0 Å². The monoisotopic (exact) mass is 334 g/mol. The van der Waals surface area contributed by atoms with Gasteiger partial charge in [-0.1, -0.05) is 33.1 Å². The van der Waals surface area contributed by atoms with E-state index in [9.17, 15) is 0 Å². The van der Waals surface area contributed by atoms with Crippen molar-refractivity contribution in [2.75, 3.05) is 59.5 Å². The molecule has 0 aliphatic carbocycles. The second-order valence-corrected chi connectivity index (χ2v) is 6.14. The van der Waals surface area contributed by atoms with Gasteiger partial charge in [-0.05, 0) is 12.5 Å². The van der Waals surface area contributed by atoms with Gasteiger partial charge in [0.05, 0.1) is 52.9 Å². The minimum Gasteiger partial charge on any atom is -0.415 e. The summed E-state index contributed by atoms with van der Waals surface area (Å²) in [7, 11) is 0.588. The average Bonchev–Trinajstić information content (AvgIpc) is 2.54. The summed E-state index contributed by atoms with van der Waals surface area (Å²) in [6, 6.07) is 1.08. The third kappa shape index (κ3) is 20.0. The van der Waals surface area contributed by atoms with Gasteiger partial charge in [0.2, 0.25) is 9.76 Å². The van der Waals surface area contributed by atoms with Crippen LogP contribution in [-0.4, -0.2) is 69.2 Å². The summed E-state index contributed by atoms with van der Waals surface area (Å²) in [5, 5.41) is 0. The summed E-state index contributed by atoms with van der Waals surface area (Å²) in [4.78, 5) is 0. The van der Waals surface area contributed by atoms with Gasteiger partial charge in [-0.3, -0.25) is 0 Å². The van der Waals surface area contributed by atoms with Gasteiger partial charge in [-0.15, -0.1) is 0 Å². The SMILES string of the molecule is CCCCCCOCCOCCOCCOCCO[Si]CC. The van der Waals surface area contributed by atoms with Crippen molar-refractivity contribution in [1.82, 2.24) is 0 Å². The van der Waals surface area contributed by atoms with E-state index < -0.39 is 0 Å². The lowest BCUT2D eigenvalue weighted by atomic mass is 10.2. The van der Waals surface area contributed by atoms with Gasteiger partial charge in [-0.2, -0.15) is 0 Å². The molecule has 0 rings (SSSR count). The molecule has 0 amide bonds. The third-order valence-electron chi connectivity index (χ3n) is 2.83. The van der Waals surface area contributed by atoms with Crippen molar-refractivity contribution in [3.05, 3.63) is 0 Å². The molecule has 132 valence electrons. The standard InChI is InChI=1S/C16H34O5Si/c1-3-5-6-7-8-17-9-10-18-11-12-19-13-14-20-15-16-21-22-4-2/h3-16H2,1-2H3. The van der Waals surface area contributed by atoms with Crippen molar-refractivity contribution < 1.29 is 23.4 Å². The summed E-state index contributed by atoms with van der Waals surface area (Å²) in [6.07, 6.45) is 4.98. The smallest absolute Gasteiger partial charge is 0.229 e. The zero-order valence-electron chi connectivity index (χ0n) is 14.4. The van der Waals surface area contributed by atoms with Gasteiger partial charge in [0.1, 0.15) is 0 Å². The molecular formula is C16H34O5Si. The first-order valence-electron chi connectivity index (χ1n) is 8.57. The predicted molar refractivity (Wildman–Crippen MR) is 89.6 cm³/mol. The zero-order valence-corrected chi connectivity index (χ0v) is 15.4. The molecule has 0 bridgehead atoms. The number of ether oxygens (including phenoxy) is 4. The topological polar surface area (TPSA) is 46.2 Å². The Bertz CT molecular complexity index is 175. The fourth-order valence-corrected chi connectivity index (χ4v) is 2.10. The molecule has 2 radical (unpaired) electrons. The van der Waals surface area contributed by atoms with Crippen LogP contribution in [0.1, 0.15) is 39.5 Å². The number of unbranched alkanes of at least 4 members (excludes halogenated alkanes) is 3. The highest BCUT2D eigenvalue weighted by Crippen LogP contribution is 1.98. The highest BCUT2D eigenvalue weighted by atomic mass is 28.2. The van der Waals surface area contributed by atoms with Crippen LogP contribution in [0.4, 0.5) is 0 Å². The van der Waals surface area contributed by atoms with Crippen LogP contribution in [0.5, 0.6) is 0 Å². The third-order valence-corrected chi connectivity index (χ3v) is 3.53. The fourth-order valence-electron chi connectivity index (χ4n) is 1.67. The van der Waals surface area contributed by atoms with Gasteiger partial charge in [0, 0.05) is 6.61 Å². The van der Waals surface area contributed by atoms with Crippen LogP contribution in [0.2, 0.25) is 6.04 Å². The molecule has 0 saturated carbocycles. The van der Waals surface area contributed by atoms with E-state index >= 15 is 0 Å². The van der Waals surface area contributed by atoms with Gasteiger partial charge in [-0.25, -0.2) is 0 Å². The molecule has 0 aromatic rings. The largest absolute Gasteiger partial charge is 0.415 e. The van der Waals surface area contributed by atoms with Crippen LogP contribution >= 0.6 is 0 Å².